The molecule has 0 spiro atoms. The maximum atomic E-state index is 12.6. The van der Waals surface area contributed by atoms with Crippen molar-refractivity contribution in [3.8, 4) is 0 Å². The molecule has 51 heavy (non-hydrogen) atoms. The summed E-state index contributed by atoms with van der Waals surface area (Å²) in [4.78, 5) is 82.2. The van der Waals surface area contributed by atoms with Crippen molar-refractivity contribution in [2.75, 3.05) is 19.8 Å². The molecule has 23 heteroatoms. The molecule has 0 aliphatic carbocycles. The number of ether oxygens (including phenoxy) is 7. The first-order chi connectivity index (χ1) is 23.2. The molecular weight excluding hydrogens is 704 g/mol. The van der Waals surface area contributed by atoms with Gasteiger partial charge in [-0.2, -0.15) is 0 Å². The number of carboxylic acids is 4. The average molecular weight is 746 g/mol. The highest BCUT2D eigenvalue weighted by Crippen LogP contribution is 2.40. The van der Waals surface area contributed by atoms with Gasteiger partial charge in [0.1, 0.15) is 43.7 Å². The Hall–Kier alpha value is -4.52. The molecule has 0 aromatic rings. The Morgan fingerprint density at radius 1 is 0.627 bits per heavy atom. The summed E-state index contributed by atoms with van der Waals surface area (Å²) >= 11 is 0. The average Bonchev–Trinajstić information content (AvgIpc) is 3.20. The van der Waals surface area contributed by atoms with E-state index in [2.05, 4.69) is 0 Å². The van der Waals surface area contributed by atoms with Gasteiger partial charge < -0.3 is 93.2 Å². The monoisotopic (exact) mass is 745 g/mol. The minimum Gasteiger partial charge on any atom is -0.829 e. The van der Waals surface area contributed by atoms with Crippen molar-refractivity contribution in [2.45, 2.75) is 110 Å². The van der Waals surface area contributed by atoms with Gasteiger partial charge in [0, 0.05) is 57.9 Å². The maximum Gasteiger partial charge on any atom is 0.303 e. The molecule has 0 amide bonds. The van der Waals surface area contributed by atoms with Gasteiger partial charge in [-0.25, -0.2) is 0 Å². The summed E-state index contributed by atoms with van der Waals surface area (Å²) in [6.45, 7) is 5.91. The predicted molar refractivity (Wildman–Crippen MR) is 147 cm³/mol. The fraction of sp³-hybridized carbons (Fsp3) is 0.714. The van der Waals surface area contributed by atoms with Crippen LogP contribution in [0.15, 0.2) is 0 Å². The summed E-state index contributed by atoms with van der Waals surface area (Å²) in [5.41, 5.74) is 0. The largest absolute Gasteiger partial charge is 0.829 e. The molecule has 2 heterocycles. The second-order valence-corrected chi connectivity index (χ2v) is 9.91. The fourth-order valence-corrected chi connectivity index (χ4v) is 3.69. The second-order valence-electron chi connectivity index (χ2n) is 9.91. The molecule has 23 nitrogen and oxygen atoms in total. The summed E-state index contributed by atoms with van der Waals surface area (Å²) in [5.74, 6) is -10.1. The van der Waals surface area contributed by atoms with Gasteiger partial charge in [0.25, 0.3) is 0 Å². The van der Waals surface area contributed by atoms with E-state index in [4.69, 9.17) is 72.8 Å². The Balaban J connectivity index is -0.00000120. The van der Waals surface area contributed by atoms with Gasteiger partial charge in [-0.1, -0.05) is 0 Å². The molecule has 0 aromatic carbocycles. The van der Waals surface area contributed by atoms with Crippen LogP contribution >= 0.6 is 0 Å². The highest BCUT2D eigenvalue weighted by molar-refractivity contribution is 5.68. The van der Waals surface area contributed by atoms with E-state index in [-0.39, 0.29) is 0 Å². The van der Waals surface area contributed by atoms with Crippen molar-refractivity contribution in [2.24, 2.45) is 0 Å². The first-order valence-corrected chi connectivity index (χ1v) is 14.2. The van der Waals surface area contributed by atoms with E-state index in [1.165, 1.54) is 0 Å². The second kappa shape index (κ2) is 25.4. The molecule has 2 aliphatic heterocycles. The molecule has 0 radical (unpaired) electrons. The number of hydrogen-bond donors (Lipinski definition) is 3. The molecule has 2 rings (SSSR count). The van der Waals surface area contributed by atoms with Crippen LogP contribution in [0.4, 0.5) is 0 Å². The molecule has 2 aliphatic rings. The van der Waals surface area contributed by atoms with E-state index in [1.54, 1.807) is 0 Å². The molecule has 0 unspecified atom stereocenters. The van der Waals surface area contributed by atoms with Crippen LogP contribution in [0.5, 0.6) is 0 Å². The molecule has 2 fully saturated rings. The van der Waals surface area contributed by atoms with E-state index < -0.39 is 122 Å². The number of aliphatic carboxylic acids is 4. The van der Waals surface area contributed by atoms with E-state index in [1.807, 2.05) is 0 Å². The lowest BCUT2D eigenvalue weighted by atomic mass is 9.98. The third kappa shape index (κ3) is 23.5. The minimum absolute atomic E-state index is 0.532. The molecule has 0 aromatic heterocycles. The lowest BCUT2D eigenvalue weighted by molar-refractivity contribution is -0.543. The summed E-state index contributed by atoms with van der Waals surface area (Å²) in [5, 5.41) is 78.1. The number of carboxylic acid groups (broad SMARTS) is 4. The lowest BCUT2D eigenvalue weighted by Crippen LogP contribution is -2.66. The summed E-state index contributed by atoms with van der Waals surface area (Å²) < 4.78 is 36.9. The lowest BCUT2D eigenvalue weighted by Gasteiger charge is -2.48. The van der Waals surface area contributed by atoms with Crippen molar-refractivity contribution >= 4 is 47.8 Å². The number of aliphatic hydroxyl groups excluding tert-OH is 3. The highest BCUT2D eigenvalue weighted by Gasteiger charge is 2.63. The Bertz CT molecular complexity index is 1090. The third-order valence-electron chi connectivity index (χ3n) is 5.13. The van der Waals surface area contributed by atoms with Crippen molar-refractivity contribution < 1.29 is 112 Å². The number of aliphatic hydroxyl groups is 3. The molecule has 2 saturated heterocycles. The van der Waals surface area contributed by atoms with Crippen molar-refractivity contribution in [1.29, 1.82) is 0 Å². The van der Waals surface area contributed by atoms with Gasteiger partial charge in [0.05, 0.1) is 6.61 Å². The standard InChI is InChI=1S/C20H29O15.4C2H4O2/c1-8(22)29-6-13-16(31-10(3)24)18(32-11(4)25)20(34-13,7-30-9(2)23)35-17-15(27)14(26)12(5-21)33-19(17)28;4*1-2(3)4/h12-19,21,26-27H,5-7H2,1-4H3;4*1H3,(H,3,4)/q-1;;;;/p-4/t12-,13-,14-,15+,16-,17-,18+,19+,20+;;;;/m1..../s1. The van der Waals surface area contributed by atoms with Crippen LogP contribution in [0.3, 0.4) is 0 Å². The van der Waals surface area contributed by atoms with Gasteiger partial charge >= 0.3 is 23.9 Å². The minimum atomic E-state index is -2.38. The van der Waals surface area contributed by atoms with Crippen LogP contribution in [0.2, 0.25) is 0 Å². The van der Waals surface area contributed by atoms with Gasteiger partial charge in [0.2, 0.25) is 5.79 Å². The van der Waals surface area contributed by atoms with Crippen molar-refractivity contribution in [3.63, 3.8) is 0 Å². The zero-order valence-electron chi connectivity index (χ0n) is 28.7. The molecule has 296 valence electrons. The Morgan fingerprint density at radius 3 is 1.39 bits per heavy atom. The quantitative estimate of drug-likeness (QED) is 0.146. The predicted octanol–water partition coefficient (Wildman–Crippen LogP) is -8.72. The first-order valence-electron chi connectivity index (χ1n) is 14.2. The number of carbonyl (C=O) groups excluding carboxylic acids is 8. The molecular formula is C28H41O23-5. The van der Waals surface area contributed by atoms with Crippen LogP contribution in [-0.4, -0.2) is 138 Å². The number of hydrogen-bond acceptors (Lipinski definition) is 23. The van der Waals surface area contributed by atoms with E-state index in [0.29, 0.717) is 0 Å². The molecule has 0 bridgehead atoms. The number of carbonyl (C=O) groups is 8. The SMILES string of the molecule is CC(=O)OC[C@H]1O[C@@](COC(C)=O)(O[C@@H]2[C@@H](O)[C@H](O)[C@@H](CO)O[C@@H]2[O-])[C@@H](OC(C)=O)[C@@H]1OC(C)=O.CC(=O)[O-].CC(=O)[O-].CC(=O)[O-].CC(=O)[O-]. The fourth-order valence-electron chi connectivity index (χ4n) is 3.69. The van der Waals surface area contributed by atoms with E-state index in [0.717, 1.165) is 55.4 Å². The van der Waals surface area contributed by atoms with Crippen LogP contribution < -0.4 is 25.5 Å². The van der Waals surface area contributed by atoms with Gasteiger partial charge in [-0.05, 0) is 27.7 Å². The number of esters is 4. The Labute approximate surface area is 290 Å². The first kappa shape index (κ1) is 50.9. The Morgan fingerprint density at radius 2 is 1.04 bits per heavy atom. The smallest absolute Gasteiger partial charge is 0.303 e. The number of rotatable bonds is 9. The van der Waals surface area contributed by atoms with Crippen LogP contribution in [0, 0.1) is 0 Å². The maximum absolute atomic E-state index is 12.6. The van der Waals surface area contributed by atoms with Gasteiger partial charge in [-0.15, -0.1) is 0 Å². The zero-order chi connectivity index (χ0) is 40.8. The summed E-state index contributed by atoms with van der Waals surface area (Å²) in [7, 11) is 0. The molecule has 9 atom stereocenters. The van der Waals surface area contributed by atoms with Gasteiger partial charge in [-0.3, -0.25) is 19.2 Å². The van der Waals surface area contributed by atoms with Crippen molar-refractivity contribution in [1.82, 2.24) is 0 Å². The Kier molecular flexibility index (Phi) is 25.4. The van der Waals surface area contributed by atoms with Crippen LogP contribution in [0.1, 0.15) is 55.4 Å². The van der Waals surface area contributed by atoms with E-state index >= 15 is 0 Å². The normalized spacial score (nSPS) is 27.2. The van der Waals surface area contributed by atoms with Crippen LogP contribution in [-0.2, 0) is 71.5 Å². The molecule has 3 N–H and O–H groups in total. The third-order valence-corrected chi connectivity index (χ3v) is 5.13. The molecule has 0 saturated carbocycles. The summed E-state index contributed by atoms with van der Waals surface area (Å²) in [6, 6.07) is 0. The van der Waals surface area contributed by atoms with E-state index in [9.17, 15) is 39.6 Å². The highest BCUT2D eigenvalue weighted by atomic mass is 16.8. The van der Waals surface area contributed by atoms with Crippen LogP contribution in [0.25, 0.3) is 0 Å². The topological polar surface area (TPSA) is 377 Å². The zero-order valence-corrected chi connectivity index (χ0v) is 28.7. The summed E-state index contributed by atoms with van der Waals surface area (Å²) in [6.07, 6.45) is -13.7. The van der Waals surface area contributed by atoms with Crippen molar-refractivity contribution in [3.05, 3.63) is 0 Å². The van der Waals surface area contributed by atoms with Gasteiger partial charge in [0.15, 0.2) is 12.2 Å².